The Hall–Kier alpha value is 0.550. The molecule has 0 spiro atoms. The second kappa shape index (κ2) is 7.84. The van der Waals surface area contributed by atoms with Gasteiger partial charge in [0.05, 0.1) is 26.3 Å². The zero-order chi connectivity index (χ0) is 22.7. The van der Waals surface area contributed by atoms with Gasteiger partial charge in [0.2, 0.25) is 5.79 Å². The Morgan fingerprint density at radius 3 is 2.22 bits per heavy atom. The Kier molecular flexibility index (Phi) is 4.37. The summed E-state index contributed by atoms with van der Waals surface area (Å²) in [5.41, 5.74) is 0. The maximum Gasteiger partial charge on any atom is 0.214 e. The molecule has 0 amide bonds. The smallest absolute Gasteiger partial charge is 0.214 e. The number of halogens is 3. The molecule has 0 aromatic heterocycles. The van der Waals surface area contributed by atoms with E-state index >= 15 is 0 Å². The van der Waals surface area contributed by atoms with Crippen LogP contribution < -0.4 is 0 Å². The van der Waals surface area contributed by atoms with Gasteiger partial charge >= 0.3 is 0 Å². The van der Waals surface area contributed by atoms with Crippen LogP contribution in [-0.2, 0) is 14.2 Å². The molecule has 5 N–H and O–H groups in total. The van der Waals surface area contributed by atoms with Crippen molar-refractivity contribution >= 4 is 34.8 Å². The lowest BCUT2D eigenvalue weighted by atomic mass is 10.0. The van der Waals surface area contributed by atoms with E-state index in [-0.39, 0.29) is 0 Å². The molecule has 2 heterocycles. The Labute approximate surface area is 155 Å². The third-order valence-corrected chi connectivity index (χ3v) is 4.47. The minimum Gasteiger partial charge on any atom is -0.394 e. The number of alkyl halides is 3. The van der Waals surface area contributed by atoms with Crippen LogP contribution in [0.15, 0.2) is 0 Å². The second-order valence-electron chi connectivity index (χ2n) is 4.94. The summed E-state index contributed by atoms with van der Waals surface area (Å²) in [6.07, 6.45) is -14.8. The van der Waals surface area contributed by atoms with E-state index in [1.807, 2.05) is 0 Å². The van der Waals surface area contributed by atoms with Crippen LogP contribution in [-0.4, -0.2) is 97.8 Å². The van der Waals surface area contributed by atoms with Gasteiger partial charge in [-0.25, -0.2) is 0 Å². The van der Waals surface area contributed by atoms with Crippen molar-refractivity contribution in [2.45, 2.75) is 54.1 Å². The Bertz CT molecular complexity index is 604. The summed E-state index contributed by atoms with van der Waals surface area (Å²) in [6.45, 7) is -3.15. The normalized spacial score (nSPS) is 56.9. The fourth-order valence-electron chi connectivity index (χ4n) is 2.20. The van der Waals surface area contributed by atoms with Gasteiger partial charge in [0, 0.05) is 5.48 Å². The van der Waals surface area contributed by atoms with E-state index < -0.39 is 72.3 Å². The Balaban J connectivity index is 2.43. The molecule has 2 rings (SSSR count). The molecular formula is C12H19Cl3O8. The Morgan fingerprint density at radius 1 is 1.09 bits per heavy atom. The van der Waals surface area contributed by atoms with E-state index in [0.717, 1.165) is 0 Å². The van der Waals surface area contributed by atoms with Gasteiger partial charge in [0.25, 0.3) is 0 Å². The number of hydrogen-bond acceptors (Lipinski definition) is 8. The van der Waals surface area contributed by atoms with Crippen LogP contribution in [0.4, 0.5) is 0 Å². The fourth-order valence-corrected chi connectivity index (χ4v) is 2.84. The van der Waals surface area contributed by atoms with Crippen molar-refractivity contribution in [1.82, 2.24) is 0 Å². The van der Waals surface area contributed by atoms with Crippen molar-refractivity contribution in [3.8, 4) is 0 Å². The zero-order valence-corrected chi connectivity index (χ0v) is 13.5. The van der Waals surface area contributed by atoms with Crippen molar-refractivity contribution in [3.05, 3.63) is 0 Å². The first-order chi connectivity index (χ1) is 12.8. The summed E-state index contributed by atoms with van der Waals surface area (Å²) in [6, 6.07) is 0. The van der Waals surface area contributed by atoms with Gasteiger partial charge in [0.1, 0.15) is 36.6 Å². The van der Waals surface area contributed by atoms with Gasteiger partial charge in [-0.2, -0.15) is 0 Å². The SMILES string of the molecule is [2H]C([2H])(O)[C@H]1O[C@H](O[C@]2(C([2H])([2H])Cl)O[C@H](C([2H])([2H])Cl)[C@@H](O)[C@@H]2O)[C@H](O)[C@@H](O)[C@H]1Cl. The third-order valence-electron chi connectivity index (χ3n) is 3.51. The van der Waals surface area contributed by atoms with Gasteiger partial charge in [-0.3, -0.25) is 0 Å². The van der Waals surface area contributed by atoms with E-state index in [0.29, 0.717) is 0 Å². The average molecular weight is 404 g/mol. The molecule has 136 valence electrons. The van der Waals surface area contributed by atoms with E-state index in [9.17, 15) is 25.5 Å². The lowest BCUT2D eigenvalue weighted by molar-refractivity contribution is -0.357. The van der Waals surface area contributed by atoms with Crippen LogP contribution >= 0.6 is 34.8 Å². The monoisotopic (exact) mass is 402 g/mol. The molecule has 0 saturated carbocycles. The quantitative estimate of drug-likeness (QED) is 0.345. The van der Waals surface area contributed by atoms with E-state index in [2.05, 4.69) is 0 Å². The van der Waals surface area contributed by atoms with E-state index in [4.69, 9.17) is 57.2 Å². The first-order valence-electron chi connectivity index (χ1n) is 9.32. The van der Waals surface area contributed by atoms with Crippen molar-refractivity contribution in [1.29, 1.82) is 0 Å². The molecule has 23 heavy (non-hydrogen) atoms. The van der Waals surface area contributed by atoms with E-state index in [1.165, 1.54) is 0 Å². The predicted octanol–water partition coefficient (Wildman–Crippen LogP) is -1.66. The molecule has 9 atom stereocenters. The number of hydrogen-bond donors (Lipinski definition) is 5. The van der Waals surface area contributed by atoms with Crippen molar-refractivity contribution in [2.24, 2.45) is 0 Å². The molecule has 0 radical (unpaired) electrons. The van der Waals surface area contributed by atoms with Crippen LogP contribution in [0.2, 0.25) is 0 Å². The van der Waals surface area contributed by atoms with Gasteiger partial charge < -0.3 is 39.7 Å². The maximum atomic E-state index is 10.3. The van der Waals surface area contributed by atoms with Crippen LogP contribution in [0.1, 0.15) is 8.22 Å². The first kappa shape index (κ1) is 12.8. The maximum absolute atomic E-state index is 10.3. The summed E-state index contributed by atoms with van der Waals surface area (Å²) in [5.74, 6) is -9.13. The fraction of sp³-hybridized carbons (Fsp3) is 1.00. The van der Waals surface area contributed by atoms with Crippen LogP contribution in [0.25, 0.3) is 0 Å². The minimum absolute atomic E-state index is 1.67. The standard InChI is InChI=1S/C12H19Cl3O8/c13-1-4-7(17)10(20)12(3-14,22-4)23-11-9(19)8(18)6(15)5(2-16)21-11/h4-11,16-20H,1-3H2/t4-,5-,6+,7-,8+,9-,10+,11-,12+/m1/s1/i1D2,2D2,3D2. The van der Waals surface area contributed by atoms with E-state index in [1.54, 1.807) is 0 Å². The molecule has 0 unspecified atom stereocenters. The predicted molar refractivity (Wildman–Crippen MR) is 79.5 cm³/mol. The third kappa shape index (κ3) is 3.58. The first-order valence-corrected chi connectivity index (χ1v) is 7.51. The number of ether oxygens (including phenoxy) is 3. The molecule has 2 saturated heterocycles. The van der Waals surface area contributed by atoms with Gasteiger partial charge in [-0.05, 0) is 0 Å². The van der Waals surface area contributed by atoms with Crippen LogP contribution in [0, 0.1) is 0 Å². The van der Waals surface area contributed by atoms with Crippen molar-refractivity contribution < 1.29 is 48.0 Å². The minimum atomic E-state index is -3.20. The summed E-state index contributed by atoms with van der Waals surface area (Å²) >= 11 is 16.9. The van der Waals surface area contributed by atoms with Crippen LogP contribution in [0.3, 0.4) is 0 Å². The highest BCUT2D eigenvalue weighted by Gasteiger charge is 2.58. The lowest BCUT2D eigenvalue weighted by Gasteiger charge is -2.43. The summed E-state index contributed by atoms with van der Waals surface area (Å²) in [4.78, 5) is 0. The topological polar surface area (TPSA) is 129 Å². The zero-order valence-electron chi connectivity index (χ0n) is 17.2. The molecule has 0 aliphatic carbocycles. The molecule has 0 aromatic carbocycles. The molecule has 2 aliphatic rings. The van der Waals surface area contributed by atoms with Gasteiger partial charge in [-0.15, -0.1) is 34.8 Å². The molecule has 8 nitrogen and oxygen atoms in total. The number of rotatable bonds is 5. The summed E-state index contributed by atoms with van der Waals surface area (Å²) in [5, 5.41) is 48.5. The largest absolute Gasteiger partial charge is 0.394 e. The highest BCUT2D eigenvalue weighted by molar-refractivity contribution is 6.21. The molecule has 2 aliphatic heterocycles. The molecule has 0 aromatic rings. The average Bonchev–Trinajstić information content (AvgIpc) is 2.79. The Morgan fingerprint density at radius 2 is 1.74 bits per heavy atom. The molecular weight excluding hydrogens is 378 g/mol. The molecule has 11 heteroatoms. The van der Waals surface area contributed by atoms with Gasteiger partial charge in [0.15, 0.2) is 6.29 Å². The summed E-state index contributed by atoms with van der Waals surface area (Å²) < 4.78 is 60.2. The van der Waals surface area contributed by atoms with Crippen molar-refractivity contribution in [3.63, 3.8) is 0 Å². The van der Waals surface area contributed by atoms with Crippen molar-refractivity contribution in [2.75, 3.05) is 18.2 Å². The second-order valence-corrected chi connectivity index (χ2v) is 5.85. The highest BCUT2D eigenvalue weighted by atomic mass is 35.5. The van der Waals surface area contributed by atoms with Crippen LogP contribution in [0.5, 0.6) is 0 Å². The molecule has 2 fully saturated rings. The number of aliphatic hydroxyl groups is 5. The molecule has 0 bridgehead atoms. The number of aliphatic hydroxyl groups excluding tert-OH is 4. The summed E-state index contributed by atoms with van der Waals surface area (Å²) in [7, 11) is 0. The lowest BCUT2D eigenvalue weighted by Crippen LogP contribution is -2.61. The highest BCUT2D eigenvalue weighted by Crippen LogP contribution is 2.37. The van der Waals surface area contributed by atoms with Gasteiger partial charge in [-0.1, -0.05) is 0 Å².